The molecule has 0 fully saturated rings. The van der Waals surface area contributed by atoms with Crippen LogP contribution in [0.1, 0.15) is 21.5 Å². The van der Waals surface area contributed by atoms with Gasteiger partial charge in [0.25, 0.3) is 5.91 Å². The number of amides is 1. The Morgan fingerprint density at radius 1 is 1.21 bits per heavy atom. The molecule has 1 aromatic carbocycles. The van der Waals surface area contributed by atoms with Crippen molar-refractivity contribution in [1.29, 1.82) is 0 Å². The van der Waals surface area contributed by atoms with Crippen molar-refractivity contribution in [3.63, 3.8) is 0 Å². The Morgan fingerprint density at radius 3 is 2.63 bits per heavy atom. The number of anilines is 1. The smallest absolute Gasteiger partial charge is 0.255 e. The van der Waals surface area contributed by atoms with Crippen LogP contribution in [-0.4, -0.2) is 16.0 Å². The molecule has 0 saturated heterocycles. The fraction of sp³-hybridized carbons (Fsp3) is 0.143. The summed E-state index contributed by atoms with van der Waals surface area (Å²) in [6.45, 7) is 3.53. The SMILES string of the molecule is Cc1cc(NC(=O)c2cc[nH]c(=O)c2)c(C)cc1O. The van der Waals surface area contributed by atoms with Gasteiger partial charge in [-0.15, -0.1) is 0 Å². The molecule has 1 aromatic heterocycles. The van der Waals surface area contributed by atoms with E-state index in [1.165, 1.54) is 18.3 Å². The largest absolute Gasteiger partial charge is 0.508 e. The van der Waals surface area contributed by atoms with Crippen LogP contribution in [0.5, 0.6) is 5.75 Å². The van der Waals surface area contributed by atoms with E-state index in [1.54, 1.807) is 26.0 Å². The molecular weight excluding hydrogens is 244 g/mol. The van der Waals surface area contributed by atoms with Gasteiger partial charge in [-0.2, -0.15) is 0 Å². The molecule has 2 rings (SSSR count). The minimum absolute atomic E-state index is 0.187. The van der Waals surface area contributed by atoms with Gasteiger partial charge in [0, 0.05) is 23.5 Å². The maximum Gasteiger partial charge on any atom is 0.255 e. The Balaban J connectivity index is 2.29. The van der Waals surface area contributed by atoms with E-state index in [1.807, 2.05) is 0 Å². The van der Waals surface area contributed by atoms with E-state index >= 15 is 0 Å². The molecule has 0 spiro atoms. The predicted octanol–water partition coefficient (Wildman–Crippen LogP) is 1.95. The number of pyridine rings is 1. The molecule has 0 atom stereocenters. The lowest BCUT2D eigenvalue weighted by Gasteiger charge is -2.10. The third-order valence-corrected chi connectivity index (χ3v) is 2.83. The molecule has 0 aliphatic carbocycles. The van der Waals surface area contributed by atoms with Gasteiger partial charge in [-0.05, 0) is 43.2 Å². The fourth-order valence-corrected chi connectivity index (χ4v) is 1.72. The van der Waals surface area contributed by atoms with Crippen LogP contribution in [0.3, 0.4) is 0 Å². The van der Waals surface area contributed by atoms with Crippen molar-refractivity contribution in [2.75, 3.05) is 5.32 Å². The number of aromatic hydroxyl groups is 1. The quantitative estimate of drug-likeness (QED) is 0.720. The van der Waals surface area contributed by atoms with Crippen molar-refractivity contribution >= 4 is 11.6 Å². The lowest BCUT2D eigenvalue weighted by Crippen LogP contribution is -2.16. The zero-order chi connectivity index (χ0) is 14.0. The van der Waals surface area contributed by atoms with Gasteiger partial charge in [0.1, 0.15) is 5.75 Å². The number of nitrogens with one attached hydrogen (secondary N) is 2. The Bertz CT molecular complexity index is 689. The van der Waals surface area contributed by atoms with E-state index in [4.69, 9.17) is 0 Å². The molecule has 98 valence electrons. The first kappa shape index (κ1) is 12.9. The molecule has 0 bridgehead atoms. The summed E-state index contributed by atoms with van der Waals surface area (Å²) in [4.78, 5) is 25.6. The maximum atomic E-state index is 12.0. The van der Waals surface area contributed by atoms with Gasteiger partial charge in [0.05, 0.1) is 0 Å². The summed E-state index contributed by atoms with van der Waals surface area (Å²) < 4.78 is 0. The van der Waals surface area contributed by atoms with Crippen LogP contribution in [0.15, 0.2) is 35.3 Å². The highest BCUT2D eigenvalue weighted by Crippen LogP contribution is 2.25. The average Bonchev–Trinajstić information content (AvgIpc) is 2.36. The summed E-state index contributed by atoms with van der Waals surface area (Å²) in [7, 11) is 0. The number of carbonyl (C=O) groups is 1. The lowest BCUT2D eigenvalue weighted by molar-refractivity contribution is 0.102. The summed E-state index contributed by atoms with van der Waals surface area (Å²) in [5.74, 6) is -0.175. The number of hydrogen-bond acceptors (Lipinski definition) is 3. The molecule has 0 saturated carbocycles. The highest BCUT2D eigenvalue weighted by Gasteiger charge is 2.09. The maximum absolute atomic E-state index is 12.0. The van der Waals surface area contributed by atoms with Crippen LogP contribution in [-0.2, 0) is 0 Å². The molecule has 19 heavy (non-hydrogen) atoms. The van der Waals surface area contributed by atoms with E-state index in [-0.39, 0.29) is 22.8 Å². The molecule has 0 radical (unpaired) electrons. The number of aromatic amines is 1. The van der Waals surface area contributed by atoms with Crippen molar-refractivity contribution in [3.05, 3.63) is 57.5 Å². The Hall–Kier alpha value is -2.56. The highest BCUT2D eigenvalue weighted by atomic mass is 16.3. The van der Waals surface area contributed by atoms with Crippen LogP contribution in [0.4, 0.5) is 5.69 Å². The first-order chi connectivity index (χ1) is 8.97. The summed E-state index contributed by atoms with van der Waals surface area (Å²) in [6.07, 6.45) is 1.42. The van der Waals surface area contributed by atoms with Gasteiger partial charge in [-0.3, -0.25) is 9.59 Å². The number of benzene rings is 1. The van der Waals surface area contributed by atoms with Gasteiger partial charge in [-0.1, -0.05) is 0 Å². The summed E-state index contributed by atoms with van der Waals surface area (Å²) in [6, 6.07) is 6.04. The van der Waals surface area contributed by atoms with Gasteiger partial charge in [0.15, 0.2) is 0 Å². The second-order valence-corrected chi connectivity index (χ2v) is 4.35. The summed E-state index contributed by atoms with van der Waals surface area (Å²) in [5.41, 5.74) is 1.99. The lowest BCUT2D eigenvalue weighted by atomic mass is 10.1. The van der Waals surface area contributed by atoms with Crippen molar-refractivity contribution in [1.82, 2.24) is 4.98 Å². The number of rotatable bonds is 2. The zero-order valence-electron chi connectivity index (χ0n) is 10.7. The van der Waals surface area contributed by atoms with Crippen molar-refractivity contribution < 1.29 is 9.90 Å². The first-order valence-electron chi connectivity index (χ1n) is 5.77. The van der Waals surface area contributed by atoms with Crippen LogP contribution < -0.4 is 10.9 Å². The number of H-pyrrole nitrogens is 1. The van der Waals surface area contributed by atoms with Crippen molar-refractivity contribution in [3.8, 4) is 5.75 Å². The Kier molecular flexibility index (Phi) is 3.37. The third kappa shape index (κ3) is 2.82. The number of aryl methyl sites for hydroxylation is 2. The molecule has 2 aromatic rings. The normalized spacial score (nSPS) is 10.2. The molecular formula is C14H14N2O3. The first-order valence-corrected chi connectivity index (χ1v) is 5.77. The highest BCUT2D eigenvalue weighted by molar-refractivity contribution is 6.04. The molecule has 0 aliphatic heterocycles. The van der Waals surface area contributed by atoms with Crippen LogP contribution in [0, 0.1) is 13.8 Å². The number of phenolic OH excluding ortho intramolecular Hbond substituents is 1. The molecule has 0 aliphatic rings. The number of aromatic nitrogens is 1. The van der Waals surface area contributed by atoms with Gasteiger partial charge in [0.2, 0.25) is 5.56 Å². The zero-order valence-corrected chi connectivity index (χ0v) is 10.7. The Morgan fingerprint density at radius 2 is 1.95 bits per heavy atom. The molecule has 0 unspecified atom stereocenters. The average molecular weight is 258 g/mol. The van der Waals surface area contributed by atoms with Gasteiger partial charge < -0.3 is 15.4 Å². The second-order valence-electron chi connectivity index (χ2n) is 4.35. The molecule has 1 heterocycles. The van der Waals surface area contributed by atoms with E-state index in [2.05, 4.69) is 10.3 Å². The predicted molar refractivity (Wildman–Crippen MR) is 72.6 cm³/mol. The number of carbonyl (C=O) groups excluding carboxylic acids is 1. The van der Waals surface area contributed by atoms with Gasteiger partial charge >= 0.3 is 0 Å². The van der Waals surface area contributed by atoms with E-state index in [9.17, 15) is 14.7 Å². The minimum atomic E-state index is -0.362. The monoisotopic (exact) mass is 258 g/mol. The van der Waals surface area contributed by atoms with Crippen LogP contribution in [0.2, 0.25) is 0 Å². The third-order valence-electron chi connectivity index (χ3n) is 2.83. The molecule has 1 amide bonds. The van der Waals surface area contributed by atoms with Crippen molar-refractivity contribution in [2.45, 2.75) is 13.8 Å². The number of phenols is 1. The molecule has 5 heteroatoms. The minimum Gasteiger partial charge on any atom is -0.508 e. The van der Waals surface area contributed by atoms with E-state index in [0.717, 1.165) is 5.56 Å². The molecule has 3 N–H and O–H groups in total. The topological polar surface area (TPSA) is 82.2 Å². The standard InChI is InChI=1S/C14H14N2O3/c1-8-6-12(17)9(2)5-11(8)16-14(19)10-3-4-15-13(18)7-10/h3-7,17H,1-2H3,(H,15,18)(H,16,19). The summed E-state index contributed by atoms with van der Waals surface area (Å²) in [5, 5.41) is 12.3. The van der Waals surface area contributed by atoms with Crippen LogP contribution >= 0.6 is 0 Å². The van der Waals surface area contributed by atoms with E-state index < -0.39 is 0 Å². The summed E-state index contributed by atoms with van der Waals surface area (Å²) >= 11 is 0. The number of hydrogen-bond donors (Lipinski definition) is 3. The molecule has 5 nitrogen and oxygen atoms in total. The van der Waals surface area contributed by atoms with Crippen LogP contribution in [0.25, 0.3) is 0 Å². The van der Waals surface area contributed by atoms with E-state index in [0.29, 0.717) is 11.3 Å². The van der Waals surface area contributed by atoms with Gasteiger partial charge in [-0.25, -0.2) is 0 Å². The second kappa shape index (κ2) is 4.97. The Labute approximate surface area is 109 Å². The fourth-order valence-electron chi connectivity index (χ4n) is 1.72. The van der Waals surface area contributed by atoms with Crippen molar-refractivity contribution in [2.24, 2.45) is 0 Å².